The van der Waals surface area contributed by atoms with E-state index in [2.05, 4.69) is 20.0 Å². The molecule has 0 saturated heterocycles. The Kier molecular flexibility index (Phi) is 6.27. The fourth-order valence-electron chi connectivity index (χ4n) is 3.13. The van der Waals surface area contributed by atoms with E-state index in [4.69, 9.17) is 0 Å². The van der Waals surface area contributed by atoms with Crippen LogP contribution in [0, 0.1) is 13.8 Å². The number of H-pyrrole nitrogens is 1. The Morgan fingerprint density at radius 2 is 2.03 bits per heavy atom. The summed E-state index contributed by atoms with van der Waals surface area (Å²) in [6.45, 7) is 5.68. The zero-order valence-electron chi connectivity index (χ0n) is 17.2. The first kappa shape index (κ1) is 22.0. The van der Waals surface area contributed by atoms with Gasteiger partial charge in [0.2, 0.25) is 15.9 Å². The second kappa shape index (κ2) is 8.57. The number of benzene rings is 1. The maximum absolute atomic E-state index is 12.4. The lowest BCUT2D eigenvalue weighted by atomic mass is 10.1. The number of hydrogen-bond donors (Lipinski definition) is 3. The topological polar surface area (TPSA) is 121 Å². The number of amides is 1. The molecule has 160 valence electrons. The Bertz CT molecular complexity index is 1260. The van der Waals surface area contributed by atoms with Crippen LogP contribution in [-0.4, -0.2) is 30.5 Å². The van der Waals surface area contributed by atoms with Crippen LogP contribution in [-0.2, 0) is 21.2 Å². The van der Waals surface area contributed by atoms with Crippen LogP contribution in [0.15, 0.2) is 29.1 Å². The number of thiophene rings is 1. The van der Waals surface area contributed by atoms with Gasteiger partial charge < -0.3 is 10.3 Å². The van der Waals surface area contributed by atoms with Crippen LogP contribution in [0.2, 0.25) is 0 Å². The van der Waals surface area contributed by atoms with Gasteiger partial charge in [-0.15, -0.1) is 11.3 Å². The average Bonchev–Trinajstić information content (AvgIpc) is 2.93. The van der Waals surface area contributed by atoms with Crippen LogP contribution in [0.5, 0.6) is 0 Å². The SMILES string of the molecule is Cc1sc2nc(CCC(=O)NC(C)c3cccc(NS(C)(=O)=O)c3)[nH]c(=O)c2c1C. The number of nitrogens with one attached hydrogen (secondary N) is 3. The summed E-state index contributed by atoms with van der Waals surface area (Å²) in [5.74, 6) is 0.293. The van der Waals surface area contributed by atoms with Gasteiger partial charge in [0.1, 0.15) is 10.7 Å². The van der Waals surface area contributed by atoms with Crippen LogP contribution in [0.3, 0.4) is 0 Å². The number of hydrogen-bond acceptors (Lipinski definition) is 6. The standard InChI is InChI=1S/C20H24N4O4S2/c1-11-13(3)29-20-18(11)19(26)22-16(23-20)8-9-17(25)21-12(2)14-6-5-7-15(10-14)24-30(4,27)28/h5-7,10,12,24H,8-9H2,1-4H3,(H,21,25)(H,22,23,26). The molecule has 1 unspecified atom stereocenters. The van der Waals surface area contributed by atoms with Crippen LogP contribution < -0.4 is 15.6 Å². The fraction of sp³-hybridized carbons (Fsp3) is 0.350. The lowest BCUT2D eigenvalue weighted by molar-refractivity contribution is -0.121. The smallest absolute Gasteiger partial charge is 0.259 e. The summed E-state index contributed by atoms with van der Waals surface area (Å²) in [7, 11) is -3.37. The molecule has 0 aliphatic heterocycles. The largest absolute Gasteiger partial charge is 0.350 e. The molecule has 1 atom stereocenters. The van der Waals surface area contributed by atoms with Gasteiger partial charge in [0.15, 0.2) is 0 Å². The van der Waals surface area contributed by atoms with Gasteiger partial charge in [-0.25, -0.2) is 13.4 Å². The first-order chi connectivity index (χ1) is 14.0. The number of rotatable bonds is 7. The number of fused-ring (bicyclic) bond motifs is 1. The molecule has 0 spiro atoms. The highest BCUT2D eigenvalue weighted by Gasteiger charge is 2.14. The van der Waals surface area contributed by atoms with Crippen molar-refractivity contribution in [2.24, 2.45) is 0 Å². The van der Waals surface area contributed by atoms with Crippen molar-refractivity contribution in [1.29, 1.82) is 0 Å². The summed E-state index contributed by atoms with van der Waals surface area (Å²) in [5.41, 5.74) is 1.97. The summed E-state index contributed by atoms with van der Waals surface area (Å²) < 4.78 is 25.2. The molecule has 3 N–H and O–H groups in total. The molecule has 10 heteroatoms. The van der Waals surface area contributed by atoms with E-state index in [1.165, 1.54) is 11.3 Å². The van der Waals surface area contributed by atoms with Crippen molar-refractivity contribution in [3.63, 3.8) is 0 Å². The second-order valence-electron chi connectivity index (χ2n) is 7.26. The predicted molar refractivity (Wildman–Crippen MR) is 120 cm³/mol. The van der Waals surface area contributed by atoms with Gasteiger partial charge in [-0.3, -0.25) is 14.3 Å². The number of carbonyl (C=O) groups is 1. The number of aromatic amines is 1. The lowest BCUT2D eigenvalue weighted by Crippen LogP contribution is -2.27. The van der Waals surface area contributed by atoms with E-state index in [1.54, 1.807) is 18.2 Å². The van der Waals surface area contributed by atoms with Gasteiger partial charge in [0, 0.05) is 23.4 Å². The Hall–Kier alpha value is -2.72. The van der Waals surface area contributed by atoms with Gasteiger partial charge in [0.05, 0.1) is 17.7 Å². The first-order valence-electron chi connectivity index (χ1n) is 9.39. The minimum absolute atomic E-state index is 0.170. The second-order valence-corrected chi connectivity index (χ2v) is 10.2. The van der Waals surface area contributed by atoms with E-state index in [9.17, 15) is 18.0 Å². The Morgan fingerprint density at radius 1 is 1.30 bits per heavy atom. The van der Waals surface area contributed by atoms with E-state index in [0.29, 0.717) is 28.1 Å². The van der Waals surface area contributed by atoms with E-state index in [0.717, 1.165) is 22.3 Å². The quantitative estimate of drug-likeness (QED) is 0.513. The van der Waals surface area contributed by atoms with Crippen molar-refractivity contribution >= 4 is 43.2 Å². The minimum Gasteiger partial charge on any atom is -0.350 e. The van der Waals surface area contributed by atoms with Crippen LogP contribution in [0.1, 0.15) is 41.2 Å². The normalized spacial score (nSPS) is 12.7. The van der Waals surface area contributed by atoms with E-state index < -0.39 is 10.0 Å². The van der Waals surface area contributed by atoms with Crippen molar-refractivity contribution in [2.45, 2.75) is 39.7 Å². The summed E-state index contributed by atoms with van der Waals surface area (Å²) >= 11 is 1.47. The molecule has 0 aliphatic carbocycles. The minimum atomic E-state index is -3.37. The number of sulfonamides is 1. The maximum atomic E-state index is 12.4. The van der Waals surface area contributed by atoms with Gasteiger partial charge in [-0.1, -0.05) is 12.1 Å². The third-order valence-electron chi connectivity index (χ3n) is 4.74. The molecule has 0 bridgehead atoms. The zero-order chi connectivity index (χ0) is 22.1. The molecule has 0 radical (unpaired) electrons. The molecule has 0 fully saturated rings. The van der Waals surface area contributed by atoms with Gasteiger partial charge in [0.25, 0.3) is 5.56 Å². The highest BCUT2D eigenvalue weighted by Crippen LogP contribution is 2.25. The van der Waals surface area contributed by atoms with E-state index in [1.807, 2.05) is 26.8 Å². The summed E-state index contributed by atoms with van der Waals surface area (Å²) in [5, 5.41) is 3.50. The lowest BCUT2D eigenvalue weighted by Gasteiger charge is -2.15. The molecule has 0 saturated carbocycles. The molecule has 30 heavy (non-hydrogen) atoms. The van der Waals surface area contributed by atoms with E-state index in [-0.39, 0.29) is 23.9 Å². The molecular formula is C20H24N4O4S2. The van der Waals surface area contributed by atoms with Gasteiger partial charge in [-0.2, -0.15) is 0 Å². The van der Waals surface area contributed by atoms with E-state index >= 15 is 0 Å². The predicted octanol–water partition coefficient (Wildman–Crippen LogP) is 2.78. The van der Waals surface area contributed by atoms with Gasteiger partial charge in [-0.05, 0) is 44.0 Å². The van der Waals surface area contributed by atoms with Crippen molar-refractivity contribution in [3.8, 4) is 0 Å². The highest BCUT2D eigenvalue weighted by atomic mass is 32.2. The summed E-state index contributed by atoms with van der Waals surface area (Å²) in [4.78, 5) is 33.7. The molecular weight excluding hydrogens is 424 g/mol. The Morgan fingerprint density at radius 3 is 2.73 bits per heavy atom. The molecule has 8 nitrogen and oxygen atoms in total. The Labute approximate surface area is 178 Å². The molecule has 0 aliphatic rings. The third-order valence-corrected chi connectivity index (χ3v) is 6.45. The van der Waals surface area contributed by atoms with Crippen LogP contribution in [0.25, 0.3) is 10.2 Å². The average molecular weight is 449 g/mol. The van der Waals surface area contributed by atoms with Crippen molar-refractivity contribution in [2.75, 3.05) is 11.0 Å². The maximum Gasteiger partial charge on any atom is 0.259 e. The zero-order valence-corrected chi connectivity index (χ0v) is 18.8. The number of nitrogens with zero attached hydrogens (tertiary/aromatic N) is 1. The van der Waals surface area contributed by atoms with Crippen molar-refractivity contribution in [1.82, 2.24) is 15.3 Å². The highest BCUT2D eigenvalue weighted by molar-refractivity contribution is 7.92. The Balaban J connectivity index is 1.64. The summed E-state index contributed by atoms with van der Waals surface area (Å²) in [6.07, 6.45) is 1.57. The fourth-order valence-corrected chi connectivity index (χ4v) is 4.74. The first-order valence-corrected chi connectivity index (χ1v) is 12.1. The number of aromatic nitrogens is 2. The number of aryl methyl sites for hydroxylation is 3. The number of carbonyl (C=O) groups excluding carboxylic acids is 1. The van der Waals surface area contributed by atoms with Crippen molar-refractivity contribution in [3.05, 3.63) is 56.4 Å². The third kappa shape index (κ3) is 5.25. The van der Waals surface area contributed by atoms with Gasteiger partial charge >= 0.3 is 0 Å². The molecule has 1 aromatic carbocycles. The monoisotopic (exact) mass is 448 g/mol. The molecule has 2 aromatic heterocycles. The summed E-state index contributed by atoms with van der Waals surface area (Å²) in [6, 6.07) is 6.55. The molecule has 3 aromatic rings. The van der Waals surface area contributed by atoms with Crippen molar-refractivity contribution < 1.29 is 13.2 Å². The molecule has 1 amide bonds. The van der Waals surface area contributed by atoms with Crippen LogP contribution >= 0.6 is 11.3 Å². The molecule has 3 rings (SSSR count). The number of anilines is 1. The molecule has 2 heterocycles. The van der Waals surface area contributed by atoms with Crippen LogP contribution in [0.4, 0.5) is 5.69 Å².